The maximum atomic E-state index is 13.6. The summed E-state index contributed by atoms with van der Waals surface area (Å²) in [5, 5.41) is 3.62. The lowest BCUT2D eigenvalue weighted by molar-refractivity contribution is -0.0374. The first-order valence-corrected chi connectivity index (χ1v) is 7.58. The fourth-order valence-electron chi connectivity index (χ4n) is 5.71. The standard InChI is InChI=1S/C17H22FN/c1-19-17-9-12-5-13(10-17)8-16(7-12,11-17)14-3-2-4-15(18)6-14/h2-4,6,12-13,19H,5,7-11H2,1H3. The van der Waals surface area contributed by atoms with E-state index in [1.165, 1.54) is 44.1 Å². The molecule has 0 aromatic heterocycles. The van der Waals surface area contributed by atoms with Crippen LogP contribution in [0.4, 0.5) is 4.39 Å². The van der Waals surface area contributed by atoms with Gasteiger partial charge in [0.05, 0.1) is 0 Å². The summed E-state index contributed by atoms with van der Waals surface area (Å²) in [6.45, 7) is 0. The minimum absolute atomic E-state index is 0.0771. The molecule has 0 aliphatic heterocycles. The van der Waals surface area contributed by atoms with E-state index in [2.05, 4.69) is 18.4 Å². The number of hydrogen-bond donors (Lipinski definition) is 1. The summed E-state index contributed by atoms with van der Waals surface area (Å²) in [5.41, 5.74) is 1.83. The molecule has 0 amide bonds. The highest BCUT2D eigenvalue weighted by Crippen LogP contribution is 2.62. The van der Waals surface area contributed by atoms with Gasteiger partial charge in [0.15, 0.2) is 0 Å². The van der Waals surface area contributed by atoms with Crippen LogP contribution in [0.25, 0.3) is 0 Å². The smallest absolute Gasteiger partial charge is 0.123 e. The fraction of sp³-hybridized carbons (Fsp3) is 0.647. The molecule has 1 nitrogen and oxygen atoms in total. The van der Waals surface area contributed by atoms with Crippen LogP contribution in [0.3, 0.4) is 0 Å². The largest absolute Gasteiger partial charge is 0.314 e. The summed E-state index contributed by atoms with van der Waals surface area (Å²) in [7, 11) is 2.12. The maximum absolute atomic E-state index is 13.6. The lowest BCUT2D eigenvalue weighted by Gasteiger charge is -2.62. The van der Waals surface area contributed by atoms with Crippen LogP contribution in [0, 0.1) is 17.7 Å². The van der Waals surface area contributed by atoms with Crippen LogP contribution in [0.1, 0.15) is 44.1 Å². The van der Waals surface area contributed by atoms with Crippen molar-refractivity contribution >= 4 is 0 Å². The van der Waals surface area contributed by atoms with Gasteiger partial charge in [0.1, 0.15) is 5.82 Å². The van der Waals surface area contributed by atoms with Gasteiger partial charge in [-0.2, -0.15) is 0 Å². The average Bonchev–Trinajstić information content (AvgIpc) is 2.37. The summed E-state index contributed by atoms with van der Waals surface area (Å²) < 4.78 is 13.6. The third kappa shape index (κ3) is 1.69. The Morgan fingerprint density at radius 2 is 1.89 bits per heavy atom. The Balaban J connectivity index is 1.78. The Kier molecular flexibility index (Phi) is 2.39. The highest BCUT2D eigenvalue weighted by molar-refractivity contribution is 5.32. The Labute approximate surface area is 114 Å². The summed E-state index contributed by atoms with van der Waals surface area (Å²) in [4.78, 5) is 0. The monoisotopic (exact) mass is 259 g/mol. The molecule has 102 valence electrons. The van der Waals surface area contributed by atoms with Crippen molar-refractivity contribution in [2.24, 2.45) is 11.8 Å². The molecule has 2 unspecified atom stereocenters. The van der Waals surface area contributed by atoms with Gasteiger partial charge in [0, 0.05) is 5.54 Å². The molecule has 4 saturated carbocycles. The van der Waals surface area contributed by atoms with Gasteiger partial charge in [0.2, 0.25) is 0 Å². The number of benzene rings is 1. The van der Waals surface area contributed by atoms with Gasteiger partial charge in [-0.3, -0.25) is 0 Å². The quantitative estimate of drug-likeness (QED) is 0.855. The summed E-state index contributed by atoms with van der Waals surface area (Å²) in [6, 6.07) is 7.39. The highest BCUT2D eigenvalue weighted by Gasteiger charge is 2.57. The van der Waals surface area contributed by atoms with Gasteiger partial charge in [0.25, 0.3) is 0 Å². The van der Waals surface area contributed by atoms with Gasteiger partial charge in [-0.15, -0.1) is 0 Å². The molecule has 1 aromatic carbocycles. The molecule has 1 N–H and O–H groups in total. The zero-order chi connectivity index (χ0) is 13.1. The molecule has 1 aromatic rings. The van der Waals surface area contributed by atoms with E-state index in [1.807, 2.05) is 6.07 Å². The SMILES string of the molecule is CNC12CC3CC(C1)CC(c1cccc(F)c1)(C3)C2. The summed E-state index contributed by atoms with van der Waals surface area (Å²) in [5.74, 6) is 1.61. The summed E-state index contributed by atoms with van der Waals surface area (Å²) in [6.07, 6.45) is 7.81. The van der Waals surface area contributed by atoms with Crippen molar-refractivity contribution in [1.29, 1.82) is 0 Å². The van der Waals surface area contributed by atoms with E-state index in [0.717, 1.165) is 11.8 Å². The van der Waals surface area contributed by atoms with Crippen molar-refractivity contribution in [3.8, 4) is 0 Å². The van der Waals surface area contributed by atoms with Gasteiger partial charge in [-0.25, -0.2) is 4.39 Å². The van der Waals surface area contributed by atoms with Crippen LogP contribution in [0.5, 0.6) is 0 Å². The molecule has 0 radical (unpaired) electrons. The Hall–Kier alpha value is -0.890. The predicted octanol–water partition coefficient (Wildman–Crippen LogP) is 3.64. The van der Waals surface area contributed by atoms with E-state index in [4.69, 9.17) is 0 Å². The molecular weight excluding hydrogens is 237 g/mol. The van der Waals surface area contributed by atoms with Crippen molar-refractivity contribution in [2.45, 2.75) is 49.5 Å². The zero-order valence-corrected chi connectivity index (χ0v) is 11.6. The minimum Gasteiger partial charge on any atom is -0.314 e. The number of rotatable bonds is 2. The molecule has 0 spiro atoms. The highest BCUT2D eigenvalue weighted by atomic mass is 19.1. The number of hydrogen-bond acceptors (Lipinski definition) is 1. The third-order valence-electron chi connectivity index (χ3n) is 6.03. The molecule has 4 aliphatic rings. The molecule has 4 aliphatic carbocycles. The van der Waals surface area contributed by atoms with Crippen molar-refractivity contribution in [2.75, 3.05) is 7.05 Å². The van der Waals surface area contributed by atoms with E-state index < -0.39 is 0 Å². The van der Waals surface area contributed by atoms with Crippen molar-refractivity contribution in [3.63, 3.8) is 0 Å². The second-order valence-corrected chi connectivity index (χ2v) is 7.28. The van der Waals surface area contributed by atoms with E-state index in [1.54, 1.807) is 12.1 Å². The first-order chi connectivity index (χ1) is 9.13. The lowest BCUT2D eigenvalue weighted by atomic mass is 9.45. The van der Waals surface area contributed by atoms with Crippen molar-refractivity contribution in [3.05, 3.63) is 35.6 Å². The van der Waals surface area contributed by atoms with Crippen LogP contribution in [-0.2, 0) is 5.41 Å². The number of halogens is 1. The van der Waals surface area contributed by atoms with Crippen LogP contribution < -0.4 is 5.32 Å². The van der Waals surface area contributed by atoms with Gasteiger partial charge in [-0.05, 0) is 80.5 Å². The van der Waals surface area contributed by atoms with Crippen LogP contribution in [0.2, 0.25) is 0 Å². The van der Waals surface area contributed by atoms with E-state index in [9.17, 15) is 4.39 Å². The Bertz CT molecular complexity index is 496. The van der Waals surface area contributed by atoms with Crippen LogP contribution >= 0.6 is 0 Å². The van der Waals surface area contributed by atoms with Crippen molar-refractivity contribution < 1.29 is 4.39 Å². The van der Waals surface area contributed by atoms with Crippen LogP contribution in [0.15, 0.2) is 24.3 Å². The van der Waals surface area contributed by atoms with Gasteiger partial charge in [-0.1, -0.05) is 12.1 Å². The predicted molar refractivity (Wildman–Crippen MR) is 74.6 cm³/mol. The van der Waals surface area contributed by atoms with E-state index >= 15 is 0 Å². The second-order valence-electron chi connectivity index (χ2n) is 7.28. The van der Waals surface area contributed by atoms with E-state index in [-0.39, 0.29) is 11.2 Å². The number of nitrogens with one attached hydrogen (secondary N) is 1. The molecule has 5 rings (SSSR count). The Morgan fingerprint density at radius 1 is 1.16 bits per heavy atom. The first-order valence-electron chi connectivity index (χ1n) is 7.58. The molecule has 4 fully saturated rings. The van der Waals surface area contributed by atoms with E-state index in [0.29, 0.717) is 5.54 Å². The lowest BCUT2D eigenvalue weighted by Crippen LogP contribution is -2.62. The molecule has 2 heteroatoms. The first kappa shape index (κ1) is 11.9. The van der Waals surface area contributed by atoms with Gasteiger partial charge >= 0.3 is 0 Å². The molecule has 2 atom stereocenters. The molecule has 0 saturated heterocycles. The zero-order valence-electron chi connectivity index (χ0n) is 11.6. The third-order valence-corrected chi connectivity index (χ3v) is 6.03. The Morgan fingerprint density at radius 3 is 2.53 bits per heavy atom. The van der Waals surface area contributed by atoms with Crippen LogP contribution in [-0.4, -0.2) is 12.6 Å². The van der Waals surface area contributed by atoms with Crippen molar-refractivity contribution in [1.82, 2.24) is 5.32 Å². The minimum atomic E-state index is -0.0771. The second kappa shape index (κ2) is 3.82. The molecule has 4 bridgehead atoms. The molecular formula is C17H22FN. The molecule has 0 heterocycles. The fourth-order valence-corrected chi connectivity index (χ4v) is 5.71. The van der Waals surface area contributed by atoms with Gasteiger partial charge < -0.3 is 5.32 Å². The maximum Gasteiger partial charge on any atom is 0.123 e. The average molecular weight is 259 g/mol. The summed E-state index contributed by atoms with van der Waals surface area (Å²) >= 11 is 0. The topological polar surface area (TPSA) is 12.0 Å². The molecule has 19 heavy (non-hydrogen) atoms. The normalized spacial score (nSPS) is 43.7.